The second kappa shape index (κ2) is 4.17. The first-order valence-corrected chi connectivity index (χ1v) is 5.85. The molecular weight excluding hydrogens is 204 g/mol. The first kappa shape index (κ1) is 10.4. The number of aryl methyl sites for hydroxylation is 2. The molecule has 1 aromatic carbocycles. The summed E-state index contributed by atoms with van der Waals surface area (Å²) in [6.07, 6.45) is -0.482. The molecule has 0 bridgehead atoms. The molecule has 1 heterocycles. The molecule has 0 saturated heterocycles. The van der Waals surface area contributed by atoms with Crippen molar-refractivity contribution in [3.8, 4) is 0 Å². The molecule has 0 radical (unpaired) electrons. The second-order valence-corrected chi connectivity index (χ2v) is 4.76. The average molecular weight is 218 g/mol. The lowest BCUT2D eigenvalue weighted by Gasteiger charge is -2.12. The number of hydrogen-bond acceptors (Lipinski definition) is 2. The Morgan fingerprint density at radius 1 is 1.20 bits per heavy atom. The number of aliphatic hydroxyl groups is 1. The average Bonchev–Trinajstić information content (AvgIpc) is 2.74. The number of benzene rings is 1. The van der Waals surface area contributed by atoms with E-state index >= 15 is 0 Å². The quantitative estimate of drug-likeness (QED) is 0.818. The van der Waals surface area contributed by atoms with Crippen LogP contribution < -0.4 is 0 Å². The summed E-state index contributed by atoms with van der Waals surface area (Å²) in [6, 6.07) is 10.1. The van der Waals surface area contributed by atoms with Crippen LogP contribution in [0.15, 0.2) is 35.7 Å². The molecular formula is C13H14OS. The third kappa shape index (κ3) is 2.11. The van der Waals surface area contributed by atoms with Crippen LogP contribution in [0, 0.1) is 13.8 Å². The zero-order chi connectivity index (χ0) is 10.8. The van der Waals surface area contributed by atoms with Crippen LogP contribution in [0.5, 0.6) is 0 Å². The monoisotopic (exact) mass is 218 g/mol. The van der Waals surface area contributed by atoms with Crippen LogP contribution >= 0.6 is 11.3 Å². The van der Waals surface area contributed by atoms with Gasteiger partial charge >= 0.3 is 0 Å². The molecule has 0 aliphatic rings. The molecule has 0 amide bonds. The van der Waals surface area contributed by atoms with E-state index in [1.165, 1.54) is 5.56 Å². The van der Waals surface area contributed by atoms with Gasteiger partial charge in [0.1, 0.15) is 6.10 Å². The molecule has 2 rings (SSSR count). The van der Waals surface area contributed by atoms with Crippen LogP contribution in [-0.4, -0.2) is 5.11 Å². The minimum absolute atomic E-state index is 0.482. The second-order valence-electron chi connectivity index (χ2n) is 3.78. The Labute approximate surface area is 94.0 Å². The molecule has 78 valence electrons. The SMILES string of the molecule is Cc1ccc(C)c([C@H](O)c2cccs2)c1. The maximum absolute atomic E-state index is 10.2. The fraction of sp³-hybridized carbons (Fsp3) is 0.231. The smallest absolute Gasteiger partial charge is 0.113 e. The molecule has 1 N–H and O–H groups in total. The van der Waals surface area contributed by atoms with E-state index in [0.29, 0.717) is 0 Å². The van der Waals surface area contributed by atoms with Gasteiger partial charge in [-0.1, -0.05) is 29.8 Å². The van der Waals surface area contributed by atoms with E-state index in [2.05, 4.69) is 18.2 Å². The Morgan fingerprint density at radius 3 is 2.67 bits per heavy atom. The summed E-state index contributed by atoms with van der Waals surface area (Å²) in [7, 11) is 0. The van der Waals surface area contributed by atoms with Gasteiger partial charge in [-0.05, 0) is 36.4 Å². The van der Waals surface area contributed by atoms with Crippen molar-refractivity contribution in [1.29, 1.82) is 0 Å². The lowest BCUT2D eigenvalue weighted by molar-refractivity contribution is 0.223. The predicted octanol–water partition coefficient (Wildman–Crippen LogP) is 3.45. The van der Waals surface area contributed by atoms with Crippen LogP contribution in [0.3, 0.4) is 0 Å². The molecule has 0 unspecified atom stereocenters. The summed E-state index contributed by atoms with van der Waals surface area (Å²) in [4.78, 5) is 1.00. The van der Waals surface area contributed by atoms with Crippen molar-refractivity contribution < 1.29 is 5.11 Å². The van der Waals surface area contributed by atoms with Crippen molar-refractivity contribution in [1.82, 2.24) is 0 Å². The van der Waals surface area contributed by atoms with Gasteiger partial charge in [-0.3, -0.25) is 0 Å². The van der Waals surface area contributed by atoms with Gasteiger partial charge in [0.25, 0.3) is 0 Å². The lowest BCUT2D eigenvalue weighted by Crippen LogP contribution is -2.00. The van der Waals surface area contributed by atoms with Crippen LogP contribution in [0.2, 0.25) is 0 Å². The zero-order valence-electron chi connectivity index (χ0n) is 8.90. The number of hydrogen-bond donors (Lipinski definition) is 1. The zero-order valence-corrected chi connectivity index (χ0v) is 9.71. The highest BCUT2D eigenvalue weighted by molar-refractivity contribution is 7.10. The minimum Gasteiger partial charge on any atom is -0.383 e. The molecule has 0 fully saturated rings. The van der Waals surface area contributed by atoms with Gasteiger partial charge in [0.05, 0.1) is 0 Å². The molecule has 1 nitrogen and oxygen atoms in total. The summed E-state index contributed by atoms with van der Waals surface area (Å²) in [5.41, 5.74) is 3.34. The van der Waals surface area contributed by atoms with Crippen molar-refractivity contribution in [3.63, 3.8) is 0 Å². The Morgan fingerprint density at radius 2 is 2.00 bits per heavy atom. The van der Waals surface area contributed by atoms with Crippen molar-refractivity contribution in [2.75, 3.05) is 0 Å². The summed E-state index contributed by atoms with van der Waals surface area (Å²) in [5.74, 6) is 0. The van der Waals surface area contributed by atoms with Gasteiger partial charge < -0.3 is 5.11 Å². The van der Waals surface area contributed by atoms with E-state index in [1.807, 2.05) is 31.4 Å². The van der Waals surface area contributed by atoms with Gasteiger partial charge in [0, 0.05) is 4.88 Å². The number of aliphatic hydroxyl groups excluding tert-OH is 1. The highest BCUT2D eigenvalue weighted by Gasteiger charge is 2.13. The first-order chi connectivity index (χ1) is 7.18. The minimum atomic E-state index is -0.482. The fourth-order valence-corrected chi connectivity index (χ4v) is 2.38. The Bertz CT molecular complexity index is 446. The molecule has 1 atom stereocenters. The number of thiophene rings is 1. The van der Waals surface area contributed by atoms with Gasteiger partial charge in [-0.15, -0.1) is 11.3 Å². The van der Waals surface area contributed by atoms with Crippen LogP contribution in [0.1, 0.15) is 27.7 Å². The predicted molar refractivity (Wildman–Crippen MR) is 64.3 cm³/mol. The summed E-state index contributed by atoms with van der Waals surface area (Å²) in [5, 5.41) is 12.2. The van der Waals surface area contributed by atoms with E-state index in [0.717, 1.165) is 16.0 Å². The topological polar surface area (TPSA) is 20.2 Å². The summed E-state index contributed by atoms with van der Waals surface area (Å²) < 4.78 is 0. The molecule has 2 aromatic rings. The highest BCUT2D eigenvalue weighted by atomic mass is 32.1. The van der Waals surface area contributed by atoms with E-state index in [9.17, 15) is 5.11 Å². The molecule has 0 aliphatic heterocycles. The molecule has 1 aromatic heterocycles. The van der Waals surface area contributed by atoms with Crippen molar-refractivity contribution in [2.24, 2.45) is 0 Å². The van der Waals surface area contributed by atoms with Crippen LogP contribution in [-0.2, 0) is 0 Å². The normalized spacial score (nSPS) is 12.7. The van der Waals surface area contributed by atoms with Crippen molar-refractivity contribution >= 4 is 11.3 Å². The Hall–Kier alpha value is -1.12. The van der Waals surface area contributed by atoms with Gasteiger partial charge in [-0.2, -0.15) is 0 Å². The van der Waals surface area contributed by atoms with Crippen molar-refractivity contribution in [2.45, 2.75) is 20.0 Å². The number of rotatable bonds is 2. The maximum Gasteiger partial charge on any atom is 0.113 e. The summed E-state index contributed by atoms with van der Waals surface area (Å²) in [6.45, 7) is 4.08. The Balaban J connectivity index is 2.41. The lowest BCUT2D eigenvalue weighted by atomic mass is 10.00. The third-order valence-electron chi connectivity index (χ3n) is 2.54. The van der Waals surface area contributed by atoms with E-state index < -0.39 is 6.10 Å². The summed E-state index contributed by atoms with van der Waals surface area (Å²) >= 11 is 1.59. The maximum atomic E-state index is 10.2. The molecule has 15 heavy (non-hydrogen) atoms. The Kier molecular flexibility index (Phi) is 2.89. The van der Waals surface area contributed by atoms with Gasteiger partial charge in [0.2, 0.25) is 0 Å². The largest absolute Gasteiger partial charge is 0.383 e. The molecule has 0 spiro atoms. The van der Waals surface area contributed by atoms with E-state index in [1.54, 1.807) is 11.3 Å². The molecule has 0 saturated carbocycles. The van der Waals surface area contributed by atoms with E-state index in [4.69, 9.17) is 0 Å². The van der Waals surface area contributed by atoms with E-state index in [-0.39, 0.29) is 0 Å². The fourth-order valence-electron chi connectivity index (χ4n) is 1.65. The van der Waals surface area contributed by atoms with Crippen LogP contribution in [0.4, 0.5) is 0 Å². The standard InChI is InChI=1S/C13H14OS/c1-9-5-6-10(2)11(8-9)13(14)12-4-3-7-15-12/h3-8,13-14H,1-2H3/t13-/m0/s1. The van der Waals surface area contributed by atoms with Crippen LogP contribution in [0.25, 0.3) is 0 Å². The molecule has 2 heteroatoms. The first-order valence-electron chi connectivity index (χ1n) is 4.97. The molecule has 0 aliphatic carbocycles. The van der Waals surface area contributed by atoms with Crippen molar-refractivity contribution in [3.05, 3.63) is 57.3 Å². The highest BCUT2D eigenvalue weighted by Crippen LogP contribution is 2.28. The van der Waals surface area contributed by atoms with Gasteiger partial charge in [0.15, 0.2) is 0 Å². The third-order valence-corrected chi connectivity index (χ3v) is 3.47. The van der Waals surface area contributed by atoms with Gasteiger partial charge in [-0.25, -0.2) is 0 Å².